The lowest BCUT2D eigenvalue weighted by Gasteiger charge is -2.26. The van der Waals surface area contributed by atoms with E-state index in [0.717, 1.165) is 5.69 Å². The van der Waals surface area contributed by atoms with E-state index in [1.165, 1.54) is 6.33 Å². The fraction of sp³-hybridized carbons (Fsp3) is 0.538. The predicted molar refractivity (Wildman–Crippen MR) is 72.8 cm³/mol. The molecule has 1 aliphatic rings. The Labute approximate surface area is 118 Å². The summed E-state index contributed by atoms with van der Waals surface area (Å²) in [6, 6.07) is 1.53. The lowest BCUT2D eigenvalue weighted by molar-refractivity contribution is -0.132. The van der Waals surface area contributed by atoms with E-state index in [1.54, 1.807) is 41.1 Å². The summed E-state index contributed by atoms with van der Waals surface area (Å²) in [5, 5.41) is 0. The Morgan fingerprint density at radius 1 is 1.50 bits per heavy atom. The van der Waals surface area contributed by atoms with Crippen LogP contribution >= 0.6 is 0 Å². The molecule has 1 saturated heterocycles. The second-order valence-electron chi connectivity index (χ2n) is 4.94. The summed E-state index contributed by atoms with van der Waals surface area (Å²) in [7, 11) is 3.46. The summed E-state index contributed by atoms with van der Waals surface area (Å²) in [6.45, 7) is 3.27. The highest BCUT2D eigenvalue weighted by Gasteiger charge is 2.29. The van der Waals surface area contributed by atoms with Crippen molar-refractivity contribution in [3.05, 3.63) is 24.3 Å². The van der Waals surface area contributed by atoms with Gasteiger partial charge in [-0.1, -0.05) is 0 Å². The van der Waals surface area contributed by atoms with Gasteiger partial charge in [-0.15, -0.1) is 0 Å². The summed E-state index contributed by atoms with van der Waals surface area (Å²) in [5.41, 5.74) is 0.778. The van der Waals surface area contributed by atoms with Crippen LogP contribution in [0.1, 0.15) is 18.7 Å². The predicted octanol–water partition coefficient (Wildman–Crippen LogP) is 0.363. The van der Waals surface area contributed by atoms with Crippen LogP contribution in [-0.2, 0) is 4.79 Å². The Kier molecular flexibility index (Phi) is 4.16. The quantitative estimate of drug-likeness (QED) is 0.797. The fourth-order valence-electron chi connectivity index (χ4n) is 2.09. The number of likely N-dealkylation sites (N-methyl/N-ethyl adjacent to an activating group) is 2. The van der Waals surface area contributed by atoms with Crippen LogP contribution in [0.5, 0.6) is 0 Å². The van der Waals surface area contributed by atoms with Crippen LogP contribution in [0.15, 0.2) is 18.6 Å². The normalized spacial score (nSPS) is 16.4. The van der Waals surface area contributed by atoms with Crippen LogP contribution in [0.3, 0.4) is 0 Å². The number of amides is 3. The molecule has 0 aliphatic carbocycles. The molecular formula is C13H19N5O2. The zero-order chi connectivity index (χ0) is 14.7. The molecule has 1 aromatic rings. The number of nitrogens with zero attached hydrogens (tertiary/aromatic N) is 5. The number of carbonyl (C=O) groups excluding carboxylic acids is 2. The van der Waals surface area contributed by atoms with E-state index in [9.17, 15) is 9.59 Å². The standard InChI is InChI=1S/C13H19N5O2/c1-10(11-4-5-14-9-15-11)17(3)12(19)8-18-7-6-16(2)13(18)20/h4-5,9-10H,6-8H2,1-3H3/t10-/m0/s1. The van der Waals surface area contributed by atoms with E-state index in [4.69, 9.17) is 0 Å². The summed E-state index contributed by atoms with van der Waals surface area (Å²) < 4.78 is 0. The van der Waals surface area contributed by atoms with Gasteiger partial charge in [-0.25, -0.2) is 14.8 Å². The number of aromatic nitrogens is 2. The Bertz CT molecular complexity index is 493. The van der Waals surface area contributed by atoms with Crippen LogP contribution in [-0.4, -0.2) is 70.3 Å². The van der Waals surface area contributed by atoms with Crippen molar-refractivity contribution in [3.8, 4) is 0 Å². The topological polar surface area (TPSA) is 69.6 Å². The highest BCUT2D eigenvalue weighted by Crippen LogP contribution is 2.16. The molecule has 1 fully saturated rings. The molecule has 2 rings (SSSR count). The molecule has 20 heavy (non-hydrogen) atoms. The van der Waals surface area contributed by atoms with E-state index >= 15 is 0 Å². The van der Waals surface area contributed by atoms with Gasteiger partial charge in [-0.2, -0.15) is 0 Å². The molecule has 3 amide bonds. The largest absolute Gasteiger partial charge is 0.336 e. The number of rotatable bonds is 4. The third-order valence-electron chi connectivity index (χ3n) is 3.64. The maximum Gasteiger partial charge on any atom is 0.320 e. The molecule has 0 saturated carbocycles. The van der Waals surface area contributed by atoms with Gasteiger partial charge in [0.2, 0.25) is 5.91 Å². The average Bonchev–Trinajstić information content (AvgIpc) is 2.78. The first-order chi connectivity index (χ1) is 9.50. The van der Waals surface area contributed by atoms with Gasteiger partial charge < -0.3 is 14.7 Å². The molecule has 108 valence electrons. The van der Waals surface area contributed by atoms with Gasteiger partial charge in [0.05, 0.1) is 11.7 Å². The fourth-order valence-corrected chi connectivity index (χ4v) is 2.09. The summed E-state index contributed by atoms with van der Waals surface area (Å²) in [5.74, 6) is -0.0974. The third-order valence-corrected chi connectivity index (χ3v) is 3.64. The van der Waals surface area contributed by atoms with Crippen molar-refractivity contribution >= 4 is 11.9 Å². The summed E-state index contributed by atoms with van der Waals surface area (Å²) >= 11 is 0. The first-order valence-corrected chi connectivity index (χ1v) is 6.52. The molecule has 1 aromatic heterocycles. The number of hydrogen-bond donors (Lipinski definition) is 0. The van der Waals surface area contributed by atoms with Crippen molar-refractivity contribution in [2.45, 2.75) is 13.0 Å². The zero-order valence-electron chi connectivity index (χ0n) is 12.0. The molecule has 0 unspecified atom stereocenters. The Morgan fingerprint density at radius 2 is 2.25 bits per heavy atom. The minimum absolute atomic E-state index is 0.0959. The van der Waals surface area contributed by atoms with Crippen LogP contribution in [0.25, 0.3) is 0 Å². The number of urea groups is 1. The minimum atomic E-state index is -0.152. The maximum absolute atomic E-state index is 12.2. The van der Waals surface area contributed by atoms with Crippen molar-refractivity contribution < 1.29 is 9.59 Å². The first kappa shape index (κ1) is 14.2. The van der Waals surface area contributed by atoms with Crippen molar-refractivity contribution in [2.24, 2.45) is 0 Å². The number of hydrogen-bond acceptors (Lipinski definition) is 4. The van der Waals surface area contributed by atoms with Gasteiger partial charge in [0, 0.05) is 33.4 Å². The maximum atomic E-state index is 12.2. The molecule has 0 aromatic carbocycles. The van der Waals surface area contributed by atoms with Crippen LogP contribution in [0.2, 0.25) is 0 Å². The third kappa shape index (κ3) is 2.87. The average molecular weight is 277 g/mol. The van der Waals surface area contributed by atoms with Crippen LogP contribution < -0.4 is 0 Å². The van der Waals surface area contributed by atoms with Gasteiger partial charge in [-0.05, 0) is 13.0 Å². The van der Waals surface area contributed by atoms with Gasteiger partial charge in [0.25, 0.3) is 0 Å². The Hall–Kier alpha value is -2.18. The molecule has 2 heterocycles. The van der Waals surface area contributed by atoms with Crippen molar-refractivity contribution in [2.75, 3.05) is 33.7 Å². The molecule has 7 nitrogen and oxygen atoms in total. The van der Waals surface area contributed by atoms with Gasteiger partial charge >= 0.3 is 6.03 Å². The second kappa shape index (κ2) is 5.85. The first-order valence-electron chi connectivity index (χ1n) is 6.52. The van der Waals surface area contributed by atoms with Gasteiger partial charge in [0.1, 0.15) is 12.9 Å². The van der Waals surface area contributed by atoms with Crippen LogP contribution in [0, 0.1) is 0 Å². The van der Waals surface area contributed by atoms with E-state index in [1.807, 2.05) is 6.92 Å². The van der Waals surface area contributed by atoms with Crippen molar-refractivity contribution in [1.82, 2.24) is 24.7 Å². The summed E-state index contributed by atoms with van der Waals surface area (Å²) in [6.07, 6.45) is 3.11. The molecule has 7 heteroatoms. The molecule has 1 aliphatic heterocycles. The van der Waals surface area contributed by atoms with E-state index in [2.05, 4.69) is 9.97 Å². The van der Waals surface area contributed by atoms with Gasteiger partial charge in [-0.3, -0.25) is 4.79 Å². The number of carbonyl (C=O) groups is 2. The molecule has 0 N–H and O–H groups in total. The van der Waals surface area contributed by atoms with E-state index in [-0.39, 0.29) is 24.5 Å². The second-order valence-corrected chi connectivity index (χ2v) is 4.94. The Balaban J connectivity index is 1.97. The molecular weight excluding hydrogens is 258 g/mol. The van der Waals surface area contributed by atoms with Crippen molar-refractivity contribution in [3.63, 3.8) is 0 Å². The Morgan fingerprint density at radius 3 is 2.80 bits per heavy atom. The van der Waals surface area contributed by atoms with Crippen LogP contribution in [0.4, 0.5) is 4.79 Å². The molecule has 0 radical (unpaired) electrons. The van der Waals surface area contributed by atoms with Gasteiger partial charge in [0.15, 0.2) is 0 Å². The molecule has 1 atom stereocenters. The smallest absolute Gasteiger partial charge is 0.320 e. The SMILES string of the molecule is C[C@@H](c1ccncn1)N(C)C(=O)CN1CCN(C)C1=O. The summed E-state index contributed by atoms with van der Waals surface area (Å²) in [4.78, 5) is 36.8. The highest BCUT2D eigenvalue weighted by molar-refractivity contribution is 5.85. The monoisotopic (exact) mass is 277 g/mol. The zero-order valence-corrected chi connectivity index (χ0v) is 12.0. The van der Waals surface area contributed by atoms with Crippen molar-refractivity contribution in [1.29, 1.82) is 0 Å². The minimum Gasteiger partial charge on any atom is -0.336 e. The van der Waals surface area contributed by atoms with E-state index in [0.29, 0.717) is 13.1 Å². The highest BCUT2D eigenvalue weighted by atomic mass is 16.2. The van der Waals surface area contributed by atoms with E-state index < -0.39 is 0 Å². The molecule has 0 bridgehead atoms. The molecule has 0 spiro atoms. The lowest BCUT2D eigenvalue weighted by Crippen LogP contribution is -2.41. The lowest BCUT2D eigenvalue weighted by atomic mass is 10.2.